The van der Waals surface area contributed by atoms with Crippen molar-refractivity contribution in [2.24, 2.45) is 0 Å². The molecule has 0 aliphatic heterocycles. The van der Waals surface area contributed by atoms with Crippen molar-refractivity contribution in [3.05, 3.63) is 70.2 Å². The summed E-state index contributed by atoms with van der Waals surface area (Å²) < 4.78 is 0. The minimum Gasteiger partial charge on any atom is -0.395 e. The summed E-state index contributed by atoms with van der Waals surface area (Å²) in [7, 11) is 0. The van der Waals surface area contributed by atoms with E-state index in [0.29, 0.717) is 17.0 Å². The molecule has 0 atom stereocenters. The van der Waals surface area contributed by atoms with Gasteiger partial charge >= 0.3 is 0 Å². The molecule has 0 aliphatic carbocycles. The molecule has 0 fully saturated rings. The quantitative estimate of drug-likeness (QED) is 0.889. The van der Waals surface area contributed by atoms with Crippen molar-refractivity contribution in [3.63, 3.8) is 0 Å². The molecule has 2 rings (SSSR count). The number of rotatable bonds is 5. The Morgan fingerprint density at radius 2 is 1.90 bits per heavy atom. The van der Waals surface area contributed by atoms with Crippen LogP contribution in [0, 0.1) is 0 Å². The van der Waals surface area contributed by atoms with Crippen LogP contribution in [-0.2, 0) is 6.42 Å². The van der Waals surface area contributed by atoms with E-state index in [0.717, 1.165) is 11.1 Å². The van der Waals surface area contributed by atoms with Gasteiger partial charge in [-0.2, -0.15) is 0 Å². The van der Waals surface area contributed by atoms with Crippen LogP contribution in [0.25, 0.3) is 0 Å². The highest BCUT2D eigenvalue weighted by Gasteiger charge is 2.11. The first-order valence-electron chi connectivity index (χ1n) is 6.42. The van der Waals surface area contributed by atoms with Crippen LogP contribution in [0.1, 0.15) is 21.5 Å². The van der Waals surface area contributed by atoms with Crippen molar-refractivity contribution in [1.29, 1.82) is 0 Å². The lowest BCUT2D eigenvalue weighted by Gasteiger charge is -2.10. The second-order valence-corrected chi connectivity index (χ2v) is 4.88. The van der Waals surface area contributed by atoms with Crippen molar-refractivity contribution in [3.8, 4) is 0 Å². The van der Waals surface area contributed by atoms with E-state index in [9.17, 15) is 4.79 Å². The Balaban J connectivity index is 2.26. The number of aliphatic hydroxyl groups is 1. The van der Waals surface area contributed by atoms with Crippen molar-refractivity contribution in [2.45, 2.75) is 6.42 Å². The lowest BCUT2D eigenvalue weighted by Crippen LogP contribution is -2.27. The van der Waals surface area contributed by atoms with E-state index in [-0.39, 0.29) is 19.1 Å². The van der Waals surface area contributed by atoms with E-state index in [1.165, 1.54) is 0 Å². The second kappa shape index (κ2) is 7.08. The molecule has 104 valence electrons. The zero-order valence-corrected chi connectivity index (χ0v) is 11.7. The largest absolute Gasteiger partial charge is 0.395 e. The zero-order chi connectivity index (χ0) is 14.4. The standard InChI is InChI=1S/C16H16ClNO2/c17-14-6-7-15(16(20)18-8-9-19)13(11-14)10-12-4-2-1-3-5-12/h1-7,11,19H,8-10H2,(H,18,20). The van der Waals surface area contributed by atoms with Crippen LogP contribution < -0.4 is 5.32 Å². The molecule has 2 aromatic carbocycles. The molecule has 0 heterocycles. The summed E-state index contributed by atoms with van der Waals surface area (Å²) in [6, 6.07) is 15.1. The topological polar surface area (TPSA) is 49.3 Å². The third-order valence-corrected chi connectivity index (χ3v) is 3.18. The smallest absolute Gasteiger partial charge is 0.251 e. The Morgan fingerprint density at radius 3 is 2.60 bits per heavy atom. The van der Waals surface area contributed by atoms with Crippen molar-refractivity contribution in [1.82, 2.24) is 5.32 Å². The molecule has 1 amide bonds. The Kier molecular flexibility index (Phi) is 5.16. The molecule has 0 unspecified atom stereocenters. The van der Waals surface area contributed by atoms with Crippen molar-refractivity contribution >= 4 is 17.5 Å². The fraction of sp³-hybridized carbons (Fsp3) is 0.188. The number of benzene rings is 2. The average Bonchev–Trinajstić information content (AvgIpc) is 2.46. The minimum atomic E-state index is -0.193. The second-order valence-electron chi connectivity index (χ2n) is 4.44. The van der Waals surface area contributed by atoms with E-state index >= 15 is 0 Å². The van der Waals surface area contributed by atoms with Crippen molar-refractivity contribution < 1.29 is 9.90 Å². The van der Waals surface area contributed by atoms with Crippen LogP contribution in [0.15, 0.2) is 48.5 Å². The van der Waals surface area contributed by atoms with Crippen LogP contribution in [0.3, 0.4) is 0 Å². The van der Waals surface area contributed by atoms with Crippen LogP contribution in [0.2, 0.25) is 5.02 Å². The number of hydrogen-bond donors (Lipinski definition) is 2. The van der Waals surface area contributed by atoms with E-state index in [2.05, 4.69) is 5.32 Å². The van der Waals surface area contributed by atoms with Gasteiger partial charge in [0.25, 0.3) is 5.91 Å². The summed E-state index contributed by atoms with van der Waals surface area (Å²) in [6.45, 7) is 0.166. The Morgan fingerprint density at radius 1 is 1.15 bits per heavy atom. The number of carbonyl (C=O) groups is 1. The van der Waals surface area contributed by atoms with Gasteiger partial charge in [0, 0.05) is 17.1 Å². The van der Waals surface area contributed by atoms with Gasteiger partial charge in [-0.05, 0) is 35.7 Å². The van der Waals surface area contributed by atoms with Gasteiger partial charge in [-0.15, -0.1) is 0 Å². The maximum Gasteiger partial charge on any atom is 0.251 e. The Hall–Kier alpha value is -1.84. The van der Waals surface area contributed by atoms with E-state index in [1.807, 2.05) is 36.4 Å². The molecule has 0 radical (unpaired) electrons. The van der Waals surface area contributed by atoms with Gasteiger partial charge in [-0.1, -0.05) is 41.9 Å². The Labute approximate surface area is 123 Å². The molecule has 0 saturated carbocycles. The van der Waals surface area contributed by atoms with Gasteiger partial charge in [0.1, 0.15) is 0 Å². The first kappa shape index (κ1) is 14.6. The number of halogens is 1. The lowest BCUT2D eigenvalue weighted by molar-refractivity contribution is 0.0944. The fourth-order valence-corrected chi connectivity index (χ4v) is 2.21. The number of nitrogens with one attached hydrogen (secondary N) is 1. The molecular formula is C16H16ClNO2. The molecule has 2 aromatic rings. The van der Waals surface area contributed by atoms with E-state index in [4.69, 9.17) is 16.7 Å². The first-order valence-corrected chi connectivity index (χ1v) is 6.80. The summed E-state index contributed by atoms with van der Waals surface area (Å²) in [5, 5.41) is 12.0. The summed E-state index contributed by atoms with van der Waals surface area (Å²) in [6.07, 6.45) is 0.642. The maximum absolute atomic E-state index is 12.1. The summed E-state index contributed by atoms with van der Waals surface area (Å²) in [5.74, 6) is -0.193. The van der Waals surface area contributed by atoms with Gasteiger partial charge in [0.05, 0.1) is 6.61 Å². The molecule has 0 aromatic heterocycles. The SMILES string of the molecule is O=C(NCCO)c1ccc(Cl)cc1Cc1ccccc1. The van der Waals surface area contributed by atoms with Crippen LogP contribution in [-0.4, -0.2) is 24.2 Å². The minimum absolute atomic E-state index is 0.0760. The monoisotopic (exact) mass is 289 g/mol. The van der Waals surface area contributed by atoms with E-state index < -0.39 is 0 Å². The van der Waals surface area contributed by atoms with Crippen molar-refractivity contribution in [2.75, 3.05) is 13.2 Å². The first-order chi connectivity index (χ1) is 9.70. The number of hydrogen-bond acceptors (Lipinski definition) is 2. The van der Waals surface area contributed by atoms with Gasteiger partial charge in [0.15, 0.2) is 0 Å². The van der Waals surface area contributed by atoms with E-state index in [1.54, 1.807) is 12.1 Å². The molecule has 3 nitrogen and oxygen atoms in total. The number of aliphatic hydroxyl groups excluding tert-OH is 1. The molecule has 0 spiro atoms. The van der Waals surface area contributed by atoms with Crippen LogP contribution in [0.5, 0.6) is 0 Å². The highest BCUT2D eigenvalue weighted by molar-refractivity contribution is 6.30. The predicted octanol–water partition coefficient (Wildman–Crippen LogP) is 2.65. The normalized spacial score (nSPS) is 10.3. The van der Waals surface area contributed by atoms with Gasteiger partial charge in [-0.3, -0.25) is 4.79 Å². The zero-order valence-electron chi connectivity index (χ0n) is 11.0. The molecule has 4 heteroatoms. The summed E-state index contributed by atoms with van der Waals surface area (Å²) in [4.78, 5) is 12.1. The number of carbonyl (C=O) groups excluding carboxylic acids is 1. The maximum atomic E-state index is 12.1. The van der Waals surface area contributed by atoms with Gasteiger partial charge in [-0.25, -0.2) is 0 Å². The molecular weight excluding hydrogens is 274 g/mol. The molecule has 0 aliphatic rings. The number of amides is 1. The Bertz CT molecular complexity index is 584. The fourth-order valence-electron chi connectivity index (χ4n) is 2.01. The molecule has 0 bridgehead atoms. The average molecular weight is 290 g/mol. The summed E-state index contributed by atoms with van der Waals surface area (Å²) in [5.41, 5.74) is 2.58. The molecule has 2 N–H and O–H groups in total. The predicted molar refractivity (Wildman–Crippen MR) is 80.1 cm³/mol. The highest BCUT2D eigenvalue weighted by Crippen LogP contribution is 2.19. The third-order valence-electron chi connectivity index (χ3n) is 2.95. The molecule has 0 saturated heterocycles. The lowest BCUT2D eigenvalue weighted by atomic mass is 9.99. The third kappa shape index (κ3) is 3.83. The molecule has 20 heavy (non-hydrogen) atoms. The highest BCUT2D eigenvalue weighted by atomic mass is 35.5. The summed E-state index contributed by atoms with van der Waals surface area (Å²) >= 11 is 6.02. The van der Waals surface area contributed by atoms with Crippen LogP contribution >= 0.6 is 11.6 Å². The van der Waals surface area contributed by atoms with Gasteiger partial charge < -0.3 is 10.4 Å². The van der Waals surface area contributed by atoms with Crippen LogP contribution in [0.4, 0.5) is 0 Å². The van der Waals surface area contributed by atoms with Gasteiger partial charge in [0.2, 0.25) is 0 Å².